The largest absolute Gasteiger partial charge is 0.496 e. The highest BCUT2D eigenvalue weighted by atomic mass is 19.1. The first-order valence-corrected chi connectivity index (χ1v) is 9.27. The van der Waals surface area contributed by atoms with Crippen molar-refractivity contribution < 1.29 is 23.5 Å². The van der Waals surface area contributed by atoms with E-state index in [1.165, 1.54) is 17.9 Å². The molecule has 1 aliphatic rings. The van der Waals surface area contributed by atoms with E-state index in [1.807, 2.05) is 25.2 Å². The second-order valence-electron chi connectivity index (χ2n) is 6.78. The van der Waals surface area contributed by atoms with Gasteiger partial charge in [0.1, 0.15) is 17.7 Å². The van der Waals surface area contributed by atoms with Crippen molar-refractivity contribution in [3.8, 4) is 16.9 Å². The van der Waals surface area contributed by atoms with Crippen LogP contribution in [0.3, 0.4) is 0 Å². The lowest BCUT2D eigenvalue weighted by atomic mass is 10.0. The van der Waals surface area contributed by atoms with Crippen molar-refractivity contribution >= 4 is 17.7 Å². The van der Waals surface area contributed by atoms with Gasteiger partial charge in [0.05, 0.1) is 25.9 Å². The summed E-state index contributed by atoms with van der Waals surface area (Å²) in [5, 5.41) is 5.68. The van der Waals surface area contributed by atoms with Crippen molar-refractivity contribution in [2.45, 2.75) is 19.6 Å². The molecule has 2 aromatic carbocycles. The third-order valence-corrected chi connectivity index (χ3v) is 4.65. The fourth-order valence-electron chi connectivity index (χ4n) is 3.26. The number of nitrogens with one attached hydrogen (secondary N) is 2. The lowest BCUT2D eigenvalue weighted by Crippen LogP contribution is -2.33. The average Bonchev–Trinajstić information content (AvgIpc) is 3.07. The van der Waals surface area contributed by atoms with Crippen molar-refractivity contribution in [1.29, 1.82) is 0 Å². The lowest BCUT2D eigenvalue weighted by molar-refractivity contribution is -0.119. The molecule has 0 aromatic heterocycles. The van der Waals surface area contributed by atoms with Crippen LogP contribution in [0.15, 0.2) is 36.4 Å². The number of cyclic esters (lactones) is 1. The molecule has 8 heteroatoms. The van der Waals surface area contributed by atoms with Gasteiger partial charge in [0.2, 0.25) is 5.91 Å². The van der Waals surface area contributed by atoms with Crippen LogP contribution in [0.25, 0.3) is 11.1 Å². The summed E-state index contributed by atoms with van der Waals surface area (Å²) in [7, 11) is 3.40. The molecule has 1 heterocycles. The maximum Gasteiger partial charge on any atom is 0.414 e. The normalized spacial score (nSPS) is 15.9. The number of carbonyl (C=O) groups is 2. The van der Waals surface area contributed by atoms with Crippen molar-refractivity contribution in [3.63, 3.8) is 0 Å². The predicted octanol–water partition coefficient (Wildman–Crippen LogP) is 2.68. The summed E-state index contributed by atoms with van der Waals surface area (Å²) in [6.45, 7) is 2.52. The van der Waals surface area contributed by atoms with Crippen LogP contribution in [0.2, 0.25) is 0 Å². The first kappa shape index (κ1) is 20.6. The summed E-state index contributed by atoms with van der Waals surface area (Å²) in [6.07, 6.45) is -1.05. The number of amides is 2. The van der Waals surface area contributed by atoms with Gasteiger partial charge in [0.25, 0.3) is 0 Å². The monoisotopic (exact) mass is 401 g/mol. The van der Waals surface area contributed by atoms with E-state index in [-0.39, 0.29) is 19.0 Å². The van der Waals surface area contributed by atoms with Gasteiger partial charge in [-0.15, -0.1) is 0 Å². The number of benzene rings is 2. The number of hydrogen-bond acceptors (Lipinski definition) is 5. The van der Waals surface area contributed by atoms with Crippen LogP contribution in [0.1, 0.15) is 12.5 Å². The number of anilines is 1. The fraction of sp³-hybridized carbons (Fsp3) is 0.333. The second kappa shape index (κ2) is 8.91. The number of halogens is 1. The van der Waals surface area contributed by atoms with Crippen LogP contribution >= 0.6 is 0 Å². The smallest absolute Gasteiger partial charge is 0.414 e. The lowest BCUT2D eigenvalue weighted by Gasteiger charge is -2.16. The van der Waals surface area contributed by atoms with Crippen molar-refractivity contribution in [2.75, 3.05) is 32.1 Å². The predicted molar refractivity (Wildman–Crippen MR) is 107 cm³/mol. The molecule has 0 spiro atoms. The molecule has 2 N–H and O–H groups in total. The van der Waals surface area contributed by atoms with Gasteiger partial charge in [0.15, 0.2) is 0 Å². The Balaban J connectivity index is 1.82. The minimum absolute atomic E-state index is 0.204. The Morgan fingerprint density at radius 3 is 2.69 bits per heavy atom. The maximum atomic E-state index is 14.9. The zero-order valence-electron chi connectivity index (χ0n) is 16.6. The quantitative estimate of drug-likeness (QED) is 0.746. The number of methoxy groups -OCH3 is 1. The van der Waals surface area contributed by atoms with E-state index in [0.29, 0.717) is 29.1 Å². The van der Waals surface area contributed by atoms with E-state index in [9.17, 15) is 14.0 Å². The number of ether oxygens (including phenoxy) is 2. The Labute approximate surface area is 168 Å². The summed E-state index contributed by atoms with van der Waals surface area (Å²) in [4.78, 5) is 24.5. The number of carbonyl (C=O) groups excluding carboxylic acids is 2. The van der Waals surface area contributed by atoms with Crippen LogP contribution in [0.4, 0.5) is 14.9 Å². The Bertz CT molecular complexity index is 919. The van der Waals surface area contributed by atoms with Gasteiger partial charge >= 0.3 is 6.09 Å². The van der Waals surface area contributed by atoms with Crippen LogP contribution in [0, 0.1) is 5.82 Å². The Morgan fingerprint density at radius 2 is 2.03 bits per heavy atom. The van der Waals surface area contributed by atoms with Crippen LogP contribution < -0.4 is 20.3 Å². The Kier molecular flexibility index (Phi) is 6.33. The first-order chi connectivity index (χ1) is 13.9. The molecular formula is C21H24FN3O4. The molecule has 1 fully saturated rings. The number of hydrogen-bond donors (Lipinski definition) is 2. The van der Waals surface area contributed by atoms with E-state index in [2.05, 4.69) is 10.6 Å². The van der Waals surface area contributed by atoms with E-state index < -0.39 is 18.0 Å². The highest BCUT2D eigenvalue weighted by molar-refractivity contribution is 5.90. The highest BCUT2D eigenvalue weighted by Crippen LogP contribution is 2.35. The van der Waals surface area contributed by atoms with E-state index >= 15 is 0 Å². The second-order valence-corrected chi connectivity index (χ2v) is 6.78. The molecule has 0 bridgehead atoms. The Morgan fingerprint density at radius 1 is 1.28 bits per heavy atom. The molecule has 2 aromatic rings. The van der Waals surface area contributed by atoms with E-state index in [4.69, 9.17) is 9.47 Å². The summed E-state index contributed by atoms with van der Waals surface area (Å²) in [5.74, 6) is -0.106. The van der Waals surface area contributed by atoms with Crippen LogP contribution in [-0.4, -0.2) is 45.4 Å². The SMILES string of the molecule is CNCc1ccc(-c2ccc(N3C[C@H](CNC(C)=O)OC3=O)cc2F)c(OC)c1. The fourth-order valence-corrected chi connectivity index (χ4v) is 3.26. The zero-order valence-corrected chi connectivity index (χ0v) is 16.6. The van der Waals surface area contributed by atoms with Gasteiger partial charge in [-0.1, -0.05) is 12.1 Å². The summed E-state index contributed by atoms with van der Waals surface area (Å²) in [5.41, 5.74) is 2.43. The molecule has 3 rings (SSSR count). The van der Waals surface area contributed by atoms with E-state index in [1.54, 1.807) is 19.2 Å². The van der Waals surface area contributed by atoms with E-state index in [0.717, 1.165) is 5.56 Å². The molecule has 29 heavy (non-hydrogen) atoms. The van der Waals surface area contributed by atoms with Gasteiger partial charge in [-0.3, -0.25) is 9.69 Å². The molecule has 0 aliphatic carbocycles. The van der Waals surface area contributed by atoms with Crippen LogP contribution in [-0.2, 0) is 16.1 Å². The number of nitrogens with zero attached hydrogens (tertiary/aromatic N) is 1. The average molecular weight is 401 g/mol. The Hall–Kier alpha value is -3.13. The highest BCUT2D eigenvalue weighted by Gasteiger charge is 2.32. The minimum atomic E-state index is -0.568. The summed E-state index contributed by atoms with van der Waals surface area (Å²) >= 11 is 0. The molecule has 7 nitrogen and oxygen atoms in total. The maximum absolute atomic E-state index is 14.9. The number of rotatable bonds is 7. The molecule has 1 aliphatic heterocycles. The molecular weight excluding hydrogens is 377 g/mol. The summed E-state index contributed by atoms with van der Waals surface area (Å²) in [6, 6.07) is 10.2. The van der Waals surface area contributed by atoms with Gasteiger partial charge in [-0.05, 0) is 36.9 Å². The molecule has 154 valence electrons. The zero-order chi connectivity index (χ0) is 21.0. The molecule has 2 amide bonds. The van der Waals surface area contributed by atoms with Crippen molar-refractivity contribution in [3.05, 3.63) is 47.8 Å². The third-order valence-electron chi connectivity index (χ3n) is 4.65. The molecule has 1 atom stereocenters. The van der Waals surface area contributed by atoms with Gasteiger partial charge in [0, 0.05) is 24.6 Å². The van der Waals surface area contributed by atoms with Gasteiger partial charge in [-0.2, -0.15) is 0 Å². The first-order valence-electron chi connectivity index (χ1n) is 9.27. The standard InChI is InChI=1S/C21H24FN3O4/c1-13(26)24-11-16-12-25(21(27)29-16)15-5-7-17(19(22)9-15)18-6-4-14(10-23-2)8-20(18)28-3/h4-9,16,23H,10-12H2,1-3H3,(H,24,26)/t16-/m0/s1. The third kappa shape index (κ3) is 4.65. The topological polar surface area (TPSA) is 79.9 Å². The summed E-state index contributed by atoms with van der Waals surface area (Å²) < 4.78 is 25.6. The van der Waals surface area contributed by atoms with Crippen molar-refractivity contribution in [1.82, 2.24) is 10.6 Å². The minimum Gasteiger partial charge on any atom is -0.496 e. The molecule has 0 unspecified atom stereocenters. The van der Waals surface area contributed by atoms with Gasteiger partial charge < -0.3 is 20.1 Å². The molecule has 0 saturated carbocycles. The van der Waals surface area contributed by atoms with Crippen LogP contribution in [0.5, 0.6) is 5.75 Å². The molecule has 0 radical (unpaired) electrons. The molecule has 1 saturated heterocycles. The van der Waals surface area contributed by atoms with Crippen molar-refractivity contribution in [2.24, 2.45) is 0 Å². The van der Waals surface area contributed by atoms with Gasteiger partial charge in [-0.25, -0.2) is 9.18 Å².